The molecule has 1 amide bonds. The highest BCUT2D eigenvalue weighted by molar-refractivity contribution is 5.99. The van der Waals surface area contributed by atoms with Gasteiger partial charge in [0.1, 0.15) is 6.10 Å². The third kappa shape index (κ3) is 4.51. The minimum atomic E-state index is -0.190. The van der Waals surface area contributed by atoms with Gasteiger partial charge in [0.15, 0.2) is 0 Å². The van der Waals surface area contributed by atoms with Crippen molar-refractivity contribution in [1.82, 2.24) is 4.98 Å². The first-order valence-electron chi connectivity index (χ1n) is 6.58. The van der Waals surface area contributed by atoms with Crippen LogP contribution in [0.1, 0.15) is 13.3 Å². The highest BCUT2D eigenvalue weighted by atomic mass is 16.5. The summed E-state index contributed by atoms with van der Waals surface area (Å²) in [5.74, 6) is 0.306. The molecule has 0 bridgehead atoms. The van der Waals surface area contributed by atoms with Crippen molar-refractivity contribution in [1.29, 1.82) is 0 Å². The minimum Gasteiger partial charge on any atom is -0.472 e. The number of anilines is 1. The van der Waals surface area contributed by atoms with Gasteiger partial charge >= 0.3 is 0 Å². The van der Waals surface area contributed by atoms with Crippen LogP contribution in [0.2, 0.25) is 0 Å². The van der Waals surface area contributed by atoms with Crippen LogP contribution in [0, 0.1) is 0 Å². The third-order valence-corrected chi connectivity index (χ3v) is 2.73. The molecule has 0 spiro atoms. The maximum Gasteiger partial charge on any atom is 0.248 e. The van der Waals surface area contributed by atoms with Crippen LogP contribution >= 0.6 is 0 Å². The molecule has 2 heterocycles. The Hall–Kier alpha value is -2.14. The number of hydrogen-bond acceptors (Lipinski definition) is 4. The maximum atomic E-state index is 11.6. The largest absolute Gasteiger partial charge is 0.472 e. The van der Waals surface area contributed by atoms with Crippen molar-refractivity contribution < 1.29 is 14.3 Å². The molecule has 2 rings (SSSR count). The molecular weight excluding hydrogens is 256 g/mol. The third-order valence-electron chi connectivity index (χ3n) is 2.73. The molecule has 1 aromatic rings. The van der Waals surface area contributed by atoms with Crippen LogP contribution in [0.3, 0.4) is 0 Å². The van der Waals surface area contributed by atoms with Gasteiger partial charge < -0.3 is 14.8 Å². The smallest absolute Gasteiger partial charge is 0.248 e. The zero-order chi connectivity index (χ0) is 14.2. The Balaban J connectivity index is 1.93. The van der Waals surface area contributed by atoms with Crippen molar-refractivity contribution in [3.63, 3.8) is 0 Å². The fourth-order valence-corrected chi connectivity index (χ4v) is 1.77. The van der Waals surface area contributed by atoms with Crippen LogP contribution in [0.15, 0.2) is 42.6 Å². The molecule has 0 radical (unpaired) electrons. The van der Waals surface area contributed by atoms with Crippen LogP contribution in [-0.2, 0) is 9.53 Å². The van der Waals surface area contributed by atoms with Gasteiger partial charge in [-0.1, -0.05) is 18.2 Å². The Bertz CT molecular complexity index is 506. The lowest BCUT2D eigenvalue weighted by Crippen LogP contribution is -2.16. The summed E-state index contributed by atoms with van der Waals surface area (Å²) in [7, 11) is 0. The fraction of sp³-hybridized carbons (Fsp3) is 0.333. The Morgan fingerprint density at radius 1 is 1.55 bits per heavy atom. The molecule has 0 saturated carbocycles. The molecule has 20 heavy (non-hydrogen) atoms. The lowest BCUT2D eigenvalue weighted by molar-refractivity contribution is -0.111. The first-order chi connectivity index (χ1) is 9.78. The number of nitrogens with one attached hydrogen (secondary N) is 1. The summed E-state index contributed by atoms with van der Waals surface area (Å²) in [6.45, 7) is 3.20. The van der Waals surface area contributed by atoms with Gasteiger partial charge in [-0.25, -0.2) is 4.98 Å². The Morgan fingerprint density at radius 2 is 2.45 bits per heavy atom. The quantitative estimate of drug-likeness (QED) is 0.661. The van der Waals surface area contributed by atoms with Crippen molar-refractivity contribution in [2.24, 2.45) is 0 Å². The monoisotopic (exact) mass is 274 g/mol. The van der Waals surface area contributed by atoms with E-state index in [1.165, 1.54) is 6.08 Å². The average Bonchev–Trinajstić information content (AvgIpc) is 2.92. The van der Waals surface area contributed by atoms with Gasteiger partial charge in [0.05, 0.1) is 13.2 Å². The lowest BCUT2D eigenvalue weighted by Gasteiger charge is -2.11. The van der Waals surface area contributed by atoms with Crippen LogP contribution in [0.4, 0.5) is 5.69 Å². The number of ether oxygens (including phenoxy) is 2. The summed E-state index contributed by atoms with van der Waals surface area (Å²) >= 11 is 0. The van der Waals surface area contributed by atoms with E-state index in [9.17, 15) is 4.79 Å². The maximum absolute atomic E-state index is 11.6. The van der Waals surface area contributed by atoms with Gasteiger partial charge in [0, 0.05) is 30.4 Å². The molecule has 1 aliphatic rings. The zero-order valence-electron chi connectivity index (χ0n) is 11.4. The first kappa shape index (κ1) is 14.3. The number of allylic oxidation sites excluding steroid dienone is 3. The topological polar surface area (TPSA) is 60.5 Å². The van der Waals surface area contributed by atoms with Crippen LogP contribution in [0.5, 0.6) is 5.88 Å². The number of pyridine rings is 1. The number of hydrogen-bond donors (Lipinski definition) is 1. The molecule has 0 aliphatic carbocycles. The molecule has 1 atom stereocenters. The standard InChI is InChI=1S/C15H18N2O3/c1-2-3-4-5-14(18)17-12-6-8-16-15(10-12)20-13-7-9-19-11-13/h2-6,8,10,13H,7,9,11H2,1H3,(H,16,17,18)/b3-2+,5-4+/t13-/m0/s1. The molecule has 1 fully saturated rings. The normalized spacial score (nSPS) is 18.8. The number of rotatable bonds is 5. The molecule has 106 valence electrons. The predicted octanol–water partition coefficient (Wildman–Crippen LogP) is 2.32. The summed E-state index contributed by atoms with van der Waals surface area (Å²) in [5, 5.41) is 2.76. The van der Waals surface area contributed by atoms with Crippen molar-refractivity contribution in [2.75, 3.05) is 18.5 Å². The second-order valence-electron chi connectivity index (χ2n) is 4.36. The van der Waals surface area contributed by atoms with Gasteiger partial charge in [0.25, 0.3) is 0 Å². The van der Waals surface area contributed by atoms with E-state index in [2.05, 4.69) is 10.3 Å². The van der Waals surface area contributed by atoms with Crippen molar-refractivity contribution in [3.05, 3.63) is 42.6 Å². The fourth-order valence-electron chi connectivity index (χ4n) is 1.77. The summed E-state index contributed by atoms with van der Waals surface area (Å²) in [6, 6.07) is 3.43. The molecular formula is C15H18N2O3. The van der Waals surface area contributed by atoms with Gasteiger partial charge in [-0.3, -0.25) is 4.79 Å². The van der Waals surface area contributed by atoms with Crippen molar-refractivity contribution in [2.45, 2.75) is 19.4 Å². The summed E-state index contributed by atoms with van der Waals surface area (Å²) < 4.78 is 10.9. The van der Waals surface area contributed by atoms with E-state index in [1.807, 2.05) is 13.0 Å². The van der Waals surface area contributed by atoms with E-state index >= 15 is 0 Å². The molecule has 1 aromatic heterocycles. The van der Waals surface area contributed by atoms with E-state index in [-0.39, 0.29) is 12.0 Å². The predicted molar refractivity (Wildman–Crippen MR) is 76.7 cm³/mol. The number of carbonyl (C=O) groups is 1. The van der Waals surface area contributed by atoms with E-state index in [4.69, 9.17) is 9.47 Å². The van der Waals surface area contributed by atoms with E-state index in [1.54, 1.807) is 30.5 Å². The summed E-state index contributed by atoms with van der Waals surface area (Å²) in [4.78, 5) is 15.8. The van der Waals surface area contributed by atoms with Crippen LogP contribution < -0.4 is 10.1 Å². The van der Waals surface area contributed by atoms with E-state index < -0.39 is 0 Å². The van der Waals surface area contributed by atoms with E-state index in [0.29, 0.717) is 18.2 Å². The molecule has 5 heteroatoms. The zero-order valence-corrected chi connectivity index (χ0v) is 11.4. The SMILES string of the molecule is C/C=C/C=C/C(=O)Nc1ccnc(O[C@H]2CCOC2)c1. The highest BCUT2D eigenvalue weighted by Gasteiger charge is 2.17. The average molecular weight is 274 g/mol. The second kappa shape index (κ2) is 7.45. The molecule has 5 nitrogen and oxygen atoms in total. The minimum absolute atomic E-state index is 0.0445. The second-order valence-corrected chi connectivity index (χ2v) is 4.36. The van der Waals surface area contributed by atoms with Gasteiger partial charge in [-0.2, -0.15) is 0 Å². The highest BCUT2D eigenvalue weighted by Crippen LogP contribution is 2.18. The Kier molecular flexibility index (Phi) is 5.32. The van der Waals surface area contributed by atoms with Gasteiger partial charge in [-0.15, -0.1) is 0 Å². The Morgan fingerprint density at radius 3 is 3.20 bits per heavy atom. The number of nitrogens with zero attached hydrogens (tertiary/aromatic N) is 1. The molecule has 1 saturated heterocycles. The van der Waals surface area contributed by atoms with E-state index in [0.717, 1.165) is 13.0 Å². The van der Waals surface area contributed by atoms with Crippen molar-refractivity contribution in [3.8, 4) is 5.88 Å². The van der Waals surface area contributed by atoms with Crippen LogP contribution in [-0.4, -0.2) is 30.2 Å². The van der Waals surface area contributed by atoms with Gasteiger partial charge in [0.2, 0.25) is 11.8 Å². The first-order valence-corrected chi connectivity index (χ1v) is 6.58. The summed E-state index contributed by atoms with van der Waals surface area (Å²) in [5.41, 5.74) is 0.657. The molecule has 1 N–H and O–H groups in total. The van der Waals surface area contributed by atoms with Crippen LogP contribution in [0.25, 0.3) is 0 Å². The number of aromatic nitrogens is 1. The number of amides is 1. The number of carbonyl (C=O) groups excluding carboxylic acids is 1. The molecule has 0 unspecified atom stereocenters. The lowest BCUT2D eigenvalue weighted by atomic mass is 10.3. The van der Waals surface area contributed by atoms with Crippen molar-refractivity contribution >= 4 is 11.6 Å². The molecule has 0 aromatic carbocycles. The van der Waals surface area contributed by atoms with Gasteiger partial charge in [-0.05, 0) is 13.0 Å². The summed E-state index contributed by atoms with van der Waals surface area (Å²) in [6.07, 6.45) is 9.31. The Labute approximate surface area is 118 Å². The molecule has 1 aliphatic heterocycles.